The highest BCUT2D eigenvalue weighted by Crippen LogP contribution is 2.18. The second kappa shape index (κ2) is 11.6. The van der Waals surface area contributed by atoms with Gasteiger partial charge in [-0.15, -0.1) is 0 Å². The topological polar surface area (TPSA) is 71.5 Å². The Morgan fingerprint density at radius 1 is 0.938 bits per heavy atom. The van der Waals surface area contributed by atoms with Gasteiger partial charge in [-0.3, -0.25) is 14.6 Å². The first-order chi connectivity index (χ1) is 15.6. The number of ether oxygens (including phenoxy) is 1. The highest BCUT2D eigenvalue weighted by Gasteiger charge is 2.29. The van der Waals surface area contributed by atoms with Crippen LogP contribution < -0.4 is 10.1 Å². The van der Waals surface area contributed by atoms with Gasteiger partial charge in [0.1, 0.15) is 11.8 Å². The first-order valence-electron chi connectivity index (χ1n) is 10.7. The number of methoxy groups -OCH3 is 1. The van der Waals surface area contributed by atoms with Gasteiger partial charge in [0.05, 0.1) is 7.11 Å². The van der Waals surface area contributed by atoms with Gasteiger partial charge in [0, 0.05) is 38.3 Å². The molecule has 1 unspecified atom stereocenters. The standard InChI is InChI=1S/C26H29N3O3/c1-3-25(30)29(19-22-9-11-23(32-2)12-10-22)24(17-20-7-5-4-6-8-20)26(31)28-18-21-13-15-27-16-14-21/h4-16,24H,3,17-19H2,1-2H3,(H,28,31). The molecule has 0 fully saturated rings. The molecule has 6 heteroatoms. The molecule has 0 radical (unpaired) electrons. The molecule has 3 aromatic rings. The summed E-state index contributed by atoms with van der Waals surface area (Å²) in [5.74, 6) is 0.500. The quantitative estimate of drug-likeness (QED) is 0.531. The van der Waals surface area contributed by atoms with Crippen LogP contribution in [0.1, 0.15) is 30.0 Å². The molecule has 1 aromatic heterocycles. The lowest BCUT2D eigenvalue weighted by molar-refractivity contribution is -0.141. The van der Waals surface area contributed by atoms with Gasteiger partial charge < -0.3 is 15.0 Å². The zero-order chi connectivity index (χ0) is 22.8. The van der Waals surface area contributed by atoms with Gasteiger partial charge in [0.25, 0.3) is 0 Å². The number of hydrogen-bond donors (Lipinski definition) is 1. The zero-order valence-electron chi connectivity index (χ0n) is 18.5. The van der Waals surface area contributed by atoms with E-state index in [9.17, 15) is 9.59 Å². The van der Waals surface area contributed by atoms with E-state index < -0.39 is 6.04 Å². The largest absolute Gasteiger partial charge is 0.497 e. The second-order valence-electron chi connectivity index (χ2n) is 7.50. The second-order valence-corrected chi connectivity index (χ2v) is 7.50. The van der Waals surface area contributed by atoms with Crippen LogP contribution >= 0.6 is 0 Å². The van der Waals surface area contributed by atoms with Gasteiger partial charge in [0.15, 0.2) is 0 Å². The Bertz CT molecular complexity index is 992. The summed E-state index contributed by atoms with van der Waals surface area (Å²) in [7, 11) is 1.62. The van der Waals surface area contributed by atoms with E-state index in [0.29, 0.717) is 25.9 Å². The van der Waals surface area contributed by atoms with Crippen molar-refractivity contribution in [3.63, 3.8) is 0 Å². The van der Waals surface area contributed by atoms with Crippen molar-refractivity contribution in [3.8, 4) is 5.75 Å². The average molecular weight is 432 g/mol. The van der Waals surface area contributed by atoms with Gasteiger partial charge in [-0.25, -0.2) is 0 Å². The zero-order valence-corrected chi connectivity index (χ0v) is 18.5. The normalized spacial score (nSPS) is 11.4. The summed E-state index contributed by atoms with van der Waals surface area (Å²) in [5, 5.41) is 3.00. The predicted molar refractivity (Wildman–Crippen MR) is 124 cm³/mol. The Morgan fingerprint density at radius 3 is 2.25 bits per heavy atom. The summed E-state index contributed by atoms with van der Waals surface area (Å²) in [5.41, 5.74) is 2.89. The Labute approximate surface area is 189 Å². The van der Waals surface area contributed by atoms with Crippen molar-refractivity contribution in [2.45, 2.75) is 38.9 Å². The van der Waals surface area contributed by atoms with Crippen LogP contribution in [-0.4, -0.2) is 34.8 Å². The Hall–Kier alpha value is -3.67. The summed E-state index contributed by atoms with van der Waals surface area (Å²) in [6, 6.07) is 20.4. The van der Waals surface area contributed by atoms with Crippen molar-refractivity contribution in [1.29, 1.82) is 0 Å². The third kappa shape index (κ3) is 6.41. The fourth-order valence-corrected chi connectivity index (χ4v) is 3.49. The minimum atomic E-state index is -0.631. The summed E-state index contributed by atoms with van der Waals surface area (Å²) < 4.78 is 5.23. The number of nitrogens with one attached hydrogen (secondary N) is 1. The van der Waals surface area contributed by atoms with E-state index >= 15 is 0 Å². The monoisotopic (exact) mass is 431 g/mol. The molecule has 1 N–H and O–H groups in total. The maximum absolute atomic E-state index is 13.3. The molecule has 2 amide bonds. The summed E-state index contributed by atoms with van der Waals surface area (Å²) in [4.78, 5) is 32.0. The SMILES string of the molecule is CCC(=O)N(Cc1ccc(OC)cc1)C(Cc1ccccc1)C(=O)NCc1ccncc1. The third-order valence-corrected chi connectivity index (χ3v) is 5.30. The van der Waals surface area contributed by atoms with Crippen molar-refractivity contribution in [2.75, 3.05) is 7.11 Å². The smallest absolute Gasteiger partial charge is 0.243 e. The van der Waals surface area contributed by atoms with Crippen LogP contribution in [0.2, 0.25) is 0 Å². The molecular weight excluding hydrogens is 402 g/mol. The molecule has 0 spiro atoms. The van der Waals surface area contributed by atoms with E-state index in [0.717, 1.165) is 22.4 Å². The van der Waals surface area contributed by atoms with Crippen LogP contribution in [0, 0.1) is 0 Å². The summed E-state index contributed by atoms with van der Waals surface area (Å²) >= 11 is 0. The van der Waals surface area contributed by atoms with E-state index in [1.54, 1.807) is 24.4 Å². The molecule has 2 aromatic carbocycles. The van der Waals surface area contributed by atoms with Crippen LogP contribution in [0.4, 0.5) is 0 Å². The molecule has 32 heavy (non-hydrogen) atoms. The van der Waals surface area contributed by atoms with Gasteiger partial charge in [-0.2, -0.15) is 0 Å². The van der Waals surface area contributed by atoms with E-state index in [1.165, 1.54) is 0 Å². The van der Waals surface area contributed by atoms with E-state index in [2.05, 4.69) is 10.3 Å². The molecule has 0 bridgehead atoms. The van der Waals surface area contributed by atoms with Gasteiger partial charge in [0.2, 0.25) is 11.8 Å². The lowest BCUT2D eigenvalue weighted by Gasteiger charge is -2.31. The van der Waals surface area contributed by atoms with E-state index in [1.807, 2.05) is 73.7 Å². The number of carbonyl (C=O) groups is 2. The van der Waals surface area contributed by atoms with E-state index in [-0.39, 0.29) is 11.8 Å². The van der Waals surface area contributed by atoms with Gasteiger partial charge >= 0.3 is 0 Å². The maximum atomic E-state index is 13.3. The van der Waals surface area contributed by atoms with Crippen molar-refractivity contribution in [2.24, 2.45) is 0 Å². The minimum Gasteiger partial charge on any atom is -0.497 e. The Kier molecular flexibility index (Phi) is 8.37. The van der Waals surface area contributed by atoms with E-state index in [4.69, 9.17) is 4.74 Å². The predicted octanol–water partition coefficient (Wildman–Crippen LogP) is 3.76. The molecule has 0 aliphatic rings. The molecule has 0 aliphatic heterocycles. The number of pyridine rings is 1. The summed E-state index contributed by atoms with van der Waals surface area (Å²) in [6.07, 6.45) is 4.14. The number of nitrogens with zero attached hydrogens (tertiary/aromatic N) is 2. The average Bonchev–Trinajstić information content (AvgIpc) is 2.85. The summed E-state index contributed by atoms with van der Waals surface area (Å²) in [6.45, 7) is 2.54. The molecule has 1 heterocycles. The number of carbonyl (C=O) groups excluding carboxylic acids is 2. The van der Waals surface area contributed by atoms with Crippen molar-refractivity contribution >= 4 is 11.8 Å². The molecular formula is C26H29N3O3. The van der Waals surface area contributed by atoms with Crippen LogP contribution in [0.5, 0.6) is 5.75 Å². The fourth-order valence-electron chi connectivity index (χ4n) is 3.49. The molecule has 0 saturated heterocycles. The van der Waals surface area contributed by atoms with Crippen molar-refractivity contribution in [1.82, 2.24) is 15.2 Å². The molecule has 0 saturated carbocycles. The van der Waals surface area contributed by atoms with Crippen molar-refractivity contribution in [3.05, 3.63) is 95.8 Å². The van der Waals surface area contributed by atoms with Crippen LogP contribution in [0.15, 0.2) is 79.1 Å². The van der Waals surface area contributed by atoms with Gasteiger partial charge in [-0.1, -0.05) is 49.4 Å². The molecule has 166 valence electrons. The highest BCUT2D eigenvalue weighted by molar-refractivity contribution is 5.87. The molecule has 6 nitrogen and oxygen atoms in total. The first kappa shape index (κ1) is 23.0. The number of amides is 2. The lowest BCUT2D eigenvalue weighted by atomic mass is 10.0. The Morgan fingerprint density at radius 2 is 1.62 bits per heavy atom. The number of hydrogen-bond acceptors (Lipinski definition) is 4. The highest BCUT2D eigenvalue weighted by atomic mass is 16.5. The molecule has 3 rings (SSSR count). The van der Waals surface area contributed by atoms with Crippen LogP contribution in [0.3, 0.4) is 0 Å². The molecule has 1 atom stereocenters. The number of benzene rings is 2. The van der Waals surface area contributed by atoms with Crippen LogP contribution in [0.25, 0.3) is 0 Å². The fraction of sp³-hybridized carbons (Fsp3) is 0.269. The molecule has 0 aliphatic carbocycles. The first-order valence-corrected chi connectivity index (χ1v) is 10.7. The van der Waals surface area contributed by atoms with Gasteiger partial charge in [-0.05, 0) is 41.0 Å². The minimum absolute atomic E-state index is 0.0687. The third-order valence-electron chi connectivity index (χ3n) is 5.30. The number of aromatic nitrogens is 1. The maximum Gasteiger partial charge on any atom is 0.243 e. The van der Waals surface area contributed by atoms with Crippen LogP contribution in [-0.2, 0) is 29.1 Å². The number of rotatable bonds is 10. The van der Waals surface area contributed by atoms with Crippen molar-refractivity contribution < 1.29 is 14.3 Å². The Balaban J connectivity index is 1.85. The lowest BCUT2D eigenvalue weighted by Crippen LogP contribution is -2.50.